The van der Waals surface area contributed by atoms with Gasteiger partial charge in [-0.05, 0) is 63.1 Å². The van der Waals surface area contributed by atoms with Crippen LogP contribution in [0, 0.1) is 5.92 Å². The number of hydrogen-bond donors (Lipinski definition) is 2. The molecule has 6 heteroatoms. The molecule has 1 saturated heterocycles. The Morgan fingerprint density at radius 1 is 1.13 bits per heavy atom. The van der Waals surface area contributed by atoms with E-state index in [0.29, 0.717) is 19.5 Å². The van der Waals surface area contributed by atoms with Crippen molar-refractivity contribution in [1.82, 2.24) is 15.1 Å². The average Bonchev–Trinajstić information content (AvgIpc) is 2.93. The Morgan fingerprint density at radius 3 is 2.42 bits per heavy atom. The summed E-state index contributed by atoms with van der Waals surface area (Å²) >= 11 is 0. The van der Waals surface area contributed by atoms with E-state index in [1.165, 1.54) is 5.56 Å². The number of aliphatic hydroxyl groups is 1. The molecule has 1 heterocycles. The Labute approximate surface area is 187 Å². The predicted molar refractivity (Wildman–Crippen MR) is 123 cm³/mol. The topological polar surface area (TPSA) is 72.9 Å². The maximum absolute atomic E-state index is 13.0. The fraction of sp³-hybridized carbons (Fsp3) is 0.680. The van der Waals surface area contributed by atoms with Crippen LogP contribution >= 0.6 is 0 Å². The molecule has 1 aromatic rings. The molecule has 0 unspecified atom stereocenters. The number of likely N-dealkylation sites (tertiary alicyclic amines) is 1. The third-order valence-electron chi connectivity index (χ3n) is 7.47. The zero-order valence-electron chi connectivity index (χ0n) is 19.3. The van der Waals surface area contributed by atoms with Crippen LogP contribution in [0.2, 0.25) is 0 Å². The van der Waals surface area contributed by atoms with Crippen LogP contribution in [0.4, 0.5) is 0 Å². The van der Waals surface area contributed by atoms with Crippen molar-refractivity contribution >= 4 is 11.8 Å². The van der Waals surface area contributed by atoms with E-state index in [1.54, 1.807) is 11.8 Å². The van der Waals surface area contributed by atoms with Crippen molar-refractivity contribution < 1.29 is 14.7 Å². The van der Waals surface area contributed by atoms with E-state index in [9.17, 15) is 14.7 Å². The SMILES string of the molecule is CC(=O)NC[C@]1(c2ccccc2)CC[C@@H](O)[C@H](N(C)C(=O)CN2CCC(C)CC2)CC1. The molecule has 2 N–H and O–H groups in total. The van der Waals surface area contributed by atoms with Gasteiger partial charge in [-0.25, -0.2) is 0 Å². The summed E-state index contributed by atoms with van der Waals surface area (Å²) in [6.07, 6.45) is 4.65. The lowest BCUT2D eigenvalue weighted by Crippen LogP contribution is -2.49. The molecule has 3 atom stereocenters. The van der Waals surface area contributed by atoms with E-state index in [-0.39, 0.29) is 23.3 Å². The number of carbonyl (C=O) groups excluding carboxylic acids is 2. The van der Waals surface area contributed by atoms with Crippen molar-refractivity contribution in [2.45, 2.75) is 69.9 Å². The van der Waals surface area contributed by atoms with Crippen LogP contribution in [0.15, 0.2) is 30.3 Å². The number of aliphatic hydroxyl groups excluding tert-OH is 1. The standard InChI is InChI=1S/C25H39N3O3/c1-19-11-15-28(16-12-19)17-24(31)27(3)22-9-13-25(14-10-23(22)30,18-26-20(2)29)21-7-5-4-6-8-21/h4-8,19,22-23,30H,9-18H2,1-3H3,(H,26,29)/t22-,23-,25-/m1/s1. The molecular weight excluding hydrogens is 390 g/mol. The van der Waals surface area contributed by atoms with Gasteiger partial charge in [0.2, 0.25) is 11.8 Å². The predicted octanol–water partition coefficient (Wildman–Crippen LogP) is 2.55. The molecule has 0 bridgehead atoms. The smallest absolute Gasteiger partial charge is 0.236 e. The first-order valence-electron chi connectivity index (χ1n) is 11.8. The van der Waals surface area contributed by atoms with E-state index >= 15 is 0 Å². The van der Waals surface area contributed by atoms with Crippen LogP contribution in [0.5, 0.6) is 0 Å². The molecule has 3 rings (SSSR count). The molecule has 6 nitrogen and oxygen atoms in total. The highest BCUT2D eigenvalue weighted by Gasteiger charge is 2.40. The van der Waals surface area contributed by atoms with Gasteiger partial charge in [-0.15, -0.1) is 0 Å². The number of amides is 2. The summed E-state index contributed by atoms with van der Waals surface area (Å²) in [5.41, 5.74) is 0.961. The van der Waals surface area contributed by atoms with Gasteiger partial charge in [0, 0.05) is 25.9 Å². The van der Waals surface area contributed by atoms with E-state index in [1.807, 2.05) is 25.2 Å². The number of carbonyl (C=O) groups is 2. The number of hydrogen-bond acceptors (Lipinski definition) is 4. The molecule has 1 aliphatic heterocycles. The minimum atomic E-state index is -0.557. The minimum absolute atomic E-state index is 0.0419. The normalized spacial score (nSPS) is 28.0. The molecule has 0 spiro atoms. The number of piperidine rings is 1. The molecule has 172 valence electrons. The van der Waals surface area contributed by atoms with Crippen LogP contribution in [0.25, 0.3) is 0 Å². The summed E-state index contributed by atoms with van der Waals surface area (Å²) < 4.78 is 0. The molecule has 2 aliphatic rings. The highest BCUT2D eigenvalue weighted by atomic mass is 16.3. The van der Waals surface area contributed by atoms with Gasteiger partial charge >= 0.3 is 0 Å². The lowest BCUT2D eigenvalue weighted by atomic mass is 9.74. The summed E-state index contributed by atoms with van der Waals surface area (Å²) in [4.78, 5) is 28.7. The lowest BCUT2D eigenvalue weighted by molar-refractivity contribution is -0.136. The highest BCUT2D eigenvalue weighted by molar-refractivity contribution is 5.78. The van der Waals surface area contributed by atoms with Crippen LogP contribution in [-0.4, -0.2) is 72.1 Å². The van der Waals surface area contributed by atoms with E-state index in [2.05, 4.69) is 29.3 Å². The quantitative estimate of drug-likeness (QED) is 0.682. The molecule has 2 fully saturated rings. The maximum Gasteiger partial charge on any atom is 0.236 e. The molecule has 1 saturated carbocycles. The van der Waals surface area contributed by atoms with Crippen molar-refractivity contribution in [1.29, 1.82) is 0 Å². The number of nitrogens with zero attached hydrogens (tertiary/aromatic N) is 2. The second-order valence-electron chi connectivity index (χ2n) is 9.73. The van der Waals surface area contributed by atoms with E-state index in [0.717, 1.165) is 51.1 Å². The van der Waals surface area contributed by atoms with Gasteiger partial charge in [-0.2, -0.15) is 0 Å². The number of likely N-dealkylation sites (N-methyl/N-ethyl adjacent to an activating group) is 1. The Kier molecular flexibility index (Phi) is 8.11. The zero-order chi connectivity index (χ0) is 22.4. The van der Waals surface area contributed by atoms with Crippen LogP contribution < -0.4 is 5.32 Å². The summed E-state index contributed by atoms with van der Waals surface area (Å²) in [7, 11) is 1.84. The number of benzene rings is 1. The Bertz CT molecular complexity index is 733. The van der Waals surface area contributed by atoms with Gasteiger partial charge in [0.15, 0.2) is 0 Å². The monoisotopic (exact) mass is 429 g/mol. The van der Waals surface area contributed by atoms with Gasteiger partial charge in [-0.1, -0.05) is 37.3 Å². The van der Waals surface area contributed by atoms with Gasteiger partial charge in [0.05, 0.1) is 18.7 Å². The summed E-state index contributed by atoms with van der Waals surface area (Å²) in [6, 6.07) is 10.1. The van der Waals surface area contributed by atoms with Gasteiger partial charge in [-0.3, -0.25) is 14.5 Å². The van der Waals surface area contributed by atoms with Crippen LogP contribution in [0.3, 0.4) is 0 Å². The van der Waals surface area contributed by atoms with Crippen molar-refractivity contribution in [2.24, 2.45) is 5.92 Å². The Balaban J connectivity index is 1.69. The van der Waals surface area contributed by atoms with Crippen LogP contribution in [-0.2, 0) is 15.0 Å². The highest BCUT2D eigenvalue weighted by Crippen LogP contribution is 2.39. The summed E-state index contributed by atoms with van der Waals surface area (Å²) in [5.74, 6) is 0.787. The lowest BCUT2D eigenvalue weighted by Gasteiger charge is -2.35. The third kappa shape index (κ3) is 6.07. The molecule has 31 heavy (non-hydrogen) atoms. The molecule has 0 aromatic heterocycles. The first-order chi connectivity index (χ1) is 14.8. The first kappa shape index (κ1) is 23.7. The molecule has 0 radical (unpaired) electrons. The third-order valence-corrected chi connectivity index (χ3v) is 7.47. The molecule has 1 aliphatic carbocycles. The summed E-state index contributed by atoms with van der Waals surface area (Å²) in [6.45, 7) is 6.75. The van der Waals surface area contributed by atoms with Crippen molar-refractivity contribution in [3.05, 3.63) is 35.9 Å². The fourth-order valence-corrected chi connectivity index (χ4v) is 5.17. The average molecular weight is 430 g/mol. The van der Waals surface area contributed by atoms with Gasteiger partial charge in [0.25, 0.3) is 0 Å². The van der Waals surface area contributed by atoms with Crippen molar-refractivity contribution in [3.63, 3.8) is 0 Å². The summed E-state index contributed by atoms with van der Waals surface area (Å²) in [5, 5.41) is 14.0. The van der Waals surface area contributed by atoms with E-state index < -0.39 is 6.10 Å². The fourth-order valence-electron chi connectivity index (χ4n) is 5.17. The molecular formula is C25H39N3O3. The minimum Gasteiger partial charge on any atom is -0.391 e. The maximum atomic E-state index is 13.0. The number of rotatable bonds is 6. The first-order valence-corrected chi connectivity index (χ1v) is 11.8. The largest absolute Gasteiger partial charge is 0.391 e. The van der Waals surface area contributed by atoms with Crippen molar-refractivity contribution in [3.8, 4) is 0 Å². The second-order valence-corrected chi connectivity index (χ2v) is 9.73. The Hall–Kier alpha value is -1.92. The second kappa shape index (κ2) is 10.6. The van der Waals surface area contributed by atoms with Gasteiger partial charge < -0.3 is 15.3 Å². The Morgan fingerprint density at radius 2 is 1.77 bits per heavy atom. The van der Waals surface area contributed by atoms with Gasteiger partial charge in [0.1, 0.15) is 0 Å². The van der Waals surface area contributed by atoms with E-state index in [4.69, 9.17) is 0 Å². The van der Waals surface area contributed by atoms with Crippen LogP contribution in [0.1, 0.15) is 57.9 Å². The molecule has 2 amide bonds. The number of nitrogens with one attached hydrogen (secondary N) is 1. The molecule has 1 aromatic carbocycles. The zero-order valence-corrected chi connectivity index (χ0v) is 19.3. The van der Waals surface area contributed by atoms with Crippen molar-refractivity contribution in [2.75, 3.05) is 33.2 Å².